The minimum Gasteiger partial charge on any atom is -0.469 e. The number of hydrogen-bond acceptors (Lipinski definition) is 5. The number of nitrogens with zero attached hydrogens (tertiary/aromatic N) is 4. The summed E-state index contributed by atoms with van der Waals surface area (Å²) in [5.74, 6) is -3.46. The van der Waals surface area contributed by atoms with Gasteiger partial charge in [-0.25, -0.2) is 0 Å². The molecule has 0 spiro atoms. The smallest absolute Gasteiger partial charge is 0.310 e. The summed E-state index contributed by atoms with van der Waals surface area (Å²) in [6.45, 7) is 0. The third kappa shape index (κ3) is 2.13. The van der Waals surface area contributed by atoms with E-state index in [1.807, 2.05) is 0 Å². The van der Waals surface area contributed by atoms with E-state index < -0.39 is 28.6 Å². The van der Waals surface area contributed by atoms with Gasteiger partial charge in [0.25, 0.3) is 5.69 Å². The summed E-state index contributed by atoms with van der Waals surface area (Å²) in [5, 5.41) is 14.1. The lowest BCUT2D eigenvalue weighted by molar-refractivity contribution is -0.384. The fourth-order valence-electron chi connectivity index (χ4n) is 3.93. The number of methoxy groups -OCH3 is 1. The van der Waals surface area contributed by atoms with Crippen LogP contribution in [0.3, 0.4) is 0 Å². The Kier molecular flexibility index (Phi) is 3.49. The first-order valence-electron chi connectivity index (χ1n) is 6.94. The van der Waals surface area contributed by atoms with Crippen molar-refractivity contribution in [1.29, 1.82) is 0 Å². The van der Waals surface area contributed by atoms with Gasteiger partial charge in [-0.05, 0) is 40.0 Å². The lowest BCUT2D eigenvalue weighted by Crippen LogP contribution is -2.34. The average molecular weight is 316 g/mol. The number of nitro benzene ring substituents is 1. The Balaban J connectivity index is 2.10. The molecule has 4 atom stereocenters. The van der Waals surface area contributed by atoms with E-state index in [1.165, 1.54) is 19.2 Å². The standard InChI is InChI=1S/C14H12N4O5/c1-23-14(20)12-9-5-10(11(12)13(19)16-17-15)8-4-6(18(21)22)2-3-7(8)9/h2-4,9-12H,5H2,1H3/t9-,10+,11-,12+/m1/s1. The number of carbonyl (C=O) groups excluding carboxylic acids is 2. The summed E-state index contributed by atoms with van der Waals surface area (Å²) >= 11 is 0. The maximum absolute atomic E-state index is 12.1. The lowest BCUT2D eigenvalue weighted by Gasteiger charge is -2.28. The number of non-ortho nitro benzene ring substituents is 1. The summed E-state index contributed by atoms with van der Waals surface area (Å²) in [6.07, 6.45) is 0.508. The first kappa shape index (κ1) is 15.0. The second-order valence-corrected chi connectivity index (χ2v) is 5.62. The Morgan fingerprint density at radius 3 is 2.65 bits per heavy atom. The fraction of sp³-hybridized carbons (Fsp3) is 0.429. The van der Waals surface area contributed by atoms with Crippen LogP contribution in [0, 0.1) is 22.0 Å². The summed E-state index contributed by atoms with van der Waals surface area (Å²) < 4.78 is 4.79. The third-order valence-electron chi connectivity index (χ3n) is 4.74. The number of fused-ring (bicyclic) bond motifs is 5. The Morgan fingerprint density at radius 1 is 1.35 bits per heavy atom. The molecule has 0 radical (unpaired) electrons. The highest BCUT2D eigenvalue weighted by molar-refractivity contribution is 5.89. The van der Waals surface area contributed by atoms with Crippen LogP contribution < -0.4 is 0 Å². The zero-order chi connectivity index (χ0) is 16.7. The molecule has 0 unspecified atom stereocenters. The minimum absolute atomic E-state index is 0.0686. The van der Waals surface area contributed by atoms with E-state index in [1.54, 1.807) is 6.07 Å². The van der Waals surface area contributed by atoms with Gasteiger partial charge in [0, 0.05) is 23.0 Å². The molecular formula is C14H12N4O5. The molecule has 0 N–H and O–H groups in total. The molecular weight excluding hydrogens is 304 g/mol. The highest BCUT2D eigenvalue weighted by Crippen LogP contribution is 2.60. The number of azide groups is 1. The molecule has 0 saturated heterocycles. The molecule has 3 rings (SSSR count). The van der Waals surface area contributed by atoms with Gasteiger partial charge >= 0.3 is 5.97 Å². The van der Waals surface area contributed by atoms with E-state index in [-0.39, 0.29) is 17.5 Å². The van der Waals surface area contributed by atoms with Gasteiger partial charge in [0.1, 0.15) is 0 Å². The summed E-state index contributed by atoms with van der Waals surface area (Å²) in [5.41, 5.74) is 9.92. The molecule has 9 heteroatoms. The first-order valence-corrected chi connectivity index (χ1v) is 6.94. The van der Waals surface area contributed by atoms with Gasteiger partial charge in [-0.1, -0.05) is 6.07 Å². The zero-order valence-corrected chi connectivity index (χ0v) is 12.1. The fourth-order valence-corrected chi connectivity index (χ4v) is 3.93. The van der Waals surface area contributed by atoms with Crippen molar-refractivity contribution < 1.29 is 19.2 Å². The van der Waals surface area contributed by atoms with Gasteiger partial charge < -0.3 is 4.74 Å². The van der Waals surface area contributed by atoms with Crippen molar-refractivity contribution >= 4 is 17.6 Å². The van der Waals surface area contributed by atoms with Crippen molar-refractivity contribution in [3.8, 4) is 0 Å². The topological polar surface area (TPSA) is 135 Å². The maximum atomic E-state index is 12.1. The number of amides is 1. The highest BCUT2D eigenvalue weighted by atomic mass is 16.6. The van der Waals surface area contributed by atoms with E-state index in [2.05, 4.69) is 10.0 Å². The van der Waals surface area contributed by atoms with Crippen LogP contribution in [0.5, 0.6) is 0 Å². The van der Waals surface area contributed by atoms with Crippen molar-refractivity contribution in [2.45, 2.75) is 18.3 Å². The maximum Gasteiger partial charge on any atom is 0.310 e. The Hall–Kier alpha value is -2.93. The zero-order valence-electron chi connectivity index (χ0n) is 12.1. The molecule has 2 aliphatic rings. The summed E-state index contributed by atoms with van der Waals surface area (Å²) in [6, 6.07) is 4.45. The number of nitro groups is 1. The van der Waals surface area contributed by atoms with Gasteiger partial charge in [-0.3, -0.25) is 19.7 Å². The van der Waals surface area contributed by atoms with Gasteiger partial charge in [0.05, 0.1) is 18.0 Å². The van der Waals surface area contributed by atoms with E-state index in [0.717, 1.165) is 5.56 Å². The molecule has 0 aliphatic heterocycles. The minimum atomic E-state index is -0.835. The Morgan fingerprint density at radius 2 is 2.04 bits per heavy atom. The molecule has 1 fully saturated rings. The van der Waals surface area contributed by atoms with Crippen LogP contribution in [0.1, 0.15) is 29.4 Å². The second-order valence-electron chi connectivity index (χ2n) is 5.62. The van der Waals surface area contributed by atoms with E-state index in [9.17, 15) is 19.7 Å². The molecule has 9 nitrogen and oxygen atoms in total. The van der Waals surface area contributed by atoms with E-state index in [0.29, 0.717) is 12.0 Å². The predicted octanol–water partition coefficient (Wildman–Crippen LogP) is 2.42. The summed E-state index contributed by atoms with van der Waals surface area (Å²) in [7, 11) is 1.24. The van der Waals surface area contributed by atoms with Crippen LogP contribution in [0.25, 0.3) is 10.4 Å². The normalized spacial score (nSPS) is 27.0. The number of hydrogen-bond donors (Lipinski definition) is 0. The third-order valence-corrected chi connectivity index (χ3v) is 4.74. The molecule has 0 aromatic heterocycles. The van der Waals surface area contributed by atoms with Crippen LogP contribution >= 0.6 is 0 Å². The Labute approximate surface area is 130 Å². The number of rotatable bonds is 3. The van der Waals surface area contributed by atoms with Crippen LogP contribution in [0.15, 0.2) is 23.3 Å². The molecule has 0 heterocycles. The molecule has 23 heavy (non-hydrogen) atoms. The monoisotopic (exact) mass is 316 g/mol. The van der Waals surface area contributed by atoms with Gasteiger partial charge in [0.15, 0.2) is 0 Å². The quantitative estimate of drug-likeness (QED) is 0.211. The van der Waals surface area contributed by atoms with Gasteiger partial charge in [0.2, 0.25) is 5.91 Å². The van der Waals surface area contributed by atoms with Crippen LogP contribution in [-0.4, -0.2) is 23.9 Å². The predicted molar refractivity (Wildman–Crippen MR) is 76.3 cm³/mol. The van der Waals surface area contributed by atoms with Crippen molar-refractivity contribution in [2.24, 2.45) is 17.0 Å². The Bertz CT molecular complexity index is 770. The number of benzene rings is 1. The molecule has 1 saturated carbocycles. The van der Waals surface area contributed by atoms with Crippen molar-refractivity contribution in [3.63, 3.8) is 0 Å². The SMILES string of the molecule is COC(=O)[C@@H]1[C@H](C(=O)N=[N+]=[N-])[C@H]2C[C@@H]1c1ccc([N+](=O)[O-])cc12. The largest absolute Gasteiger partial charge is 0.469 e. The van der Waals surface area contributed by atoms with E-state index >= 15 is 0 Å². The number of esters is 1. The molecule has 2 aliphatic carbocycles. The summed E-state index contributed by atoms with van der Waals surface area (Å²) in [4.78, 5) is 37.2. The molecule has 1 aromatic carbocycles. The van der Waals surface area contributed by atoms with E-state index in [4.69, 9.17) is 10.3 Å². The lowest BCUT2D eigenvalue weighted by atomic mass is 9.75. The second kappa shape index (κ2) is 5.36. The highest BCUT2D eigenvalue weighted by Gasteiger charge is 2.57. The van der Waals surface area contributed by atoms with Crippen LogP contribution in [0.2, 0.25) is 0 Å². The molecule has 118 valence electrons. The van der Waals surface area contributed by atoms with Gasteiger partial charge in [-0.15, -0.1) is 0 Å². The molecule has 2 bridgehead atoms. The van der Waals surface area contributed by atoms with Crippen molar-refractivity contribution in [3.05, 3.63) is 49.9 Å². The van der Waals surface area contributed by atoms with Crippen LogP contribution in [0.4, 0.5) is 5.69 Å². The first-order chi connectivity index (χ1) is 11.0. The number of ether oxygens (including phenoxy) is 1. The van der Waals surface area contributed by atoms with Crippen molar-refractivity contribution in [2.75, 3.05) is 7.11 Å². The van der Waals surface area contributed by atoms with Crippen molar-refractivity contribution in [1.82, 2.24) is 0 Å². The average Bonchev–Trinajstić information content (AvgIpc) is 3.10. The molecule has 1 aromatic rings. The van der Waals surface area contributed by atoms with Crippen LogP contribution in [-0.2, 0) is 14.3 Å². The number of carbonyl (C=O) groups is 2. The van der Waals surface area contributed by atoms with Gasteiger partial charge in [-0.2, -0.15) is 0 Å². The molecule has 1 amide bonds.